The lowest BCUT2D eigenvalue weighted by molar-refractivity contribution is 0.0697. The number of ether oxygens (including phenoxy) is 1. The van der Waals surface area contributed by atoms with E-state index in [4.69, 9.17) is 16.3 Å². The van der Waals surface area contributed by atoms with Gasteiger partial charge in [-0.05, 0) is 18.8 Å². The van der Waals surface area contributed by atoms with E-state index < -0.39 is 16.8 Å². The molecule has 9 heteroatoms. The Kier molecular flexibility index (Phi) is 5.95. The van der Waals surface area contributed by atoms with E-state index in [0.29, 0.717) is 18.0 Å². The van der Waals surface area contributed by atoms with Crippen LogP contribution in [0.1, 0.15) is 29.6 Å². The number of carboxylic acid groups (broad SMARTS) is 1. The topological polar surface area (TPSA) is 101 Å². The van der Waals surface area contributed by atoms with Crippen molar-refractivity contribution in [1.29, 1.82) is 0 Å². The molecule has 0 fully saturated rings. The Hall–Kier alpha value is -1.67. The molecule has 23 heavy (non-hydrogen) atoms. The monoisotopic (exact) mass is 359 g/mol. The van der Waals surface area contributed by atoms with Crippen molar-refractivity contribution in [2.75, 3.05) is 25.2 Å². The second-order valence-electron chi connectivity index (χ2n) is 5.20. The molecule has 1 aliphatic rings. The molecule has 2 rings (SSSR count). The minimum absolute atomic E-state index is 0.0470. The highest BCUT2D eigenvalue weighted by molar-refractivity contribution is 7.84. The van der Waals surface area contributed by atoms with Crippen molar-refractivity contribution < 1.29 is 18.8 Å². The van der Waals surface area contributed by atoms with Crippen LogP contribution >= 0.6 is 11.6 Å². The molecule has 0 saturated heterocycles. The number of allylic oxidation sites excluding steroid dienone is 2. The van der Waals surface area contributed by atoms with Crippen molar-refractivity contribution in [3.05, 3.63) is 22.6 Å². The molecular weight excluding hydrogens is 342 g/mol. The fourth-order valence-electron chi connectivity index (χ4n) is 2.36. The zero-order chi connectivity index (χ0) is 17.0. The first-order valence-electron chi connectivity index (χ1n) is 7.01. The fourth-order valence-corrected chi connectivity index (χ4v) is 3.17. The van der Waals surface area contributed by atoms with Gasteiger partial charge in [-0.25, -0.2) is 14.8 Å². The number of rotatable bonds is 6. The van der Waals surface area contributed by atoms with E-state index in [2.05, 4.69) is 15.3 Å². The third-order valence-electron chi connectivity index (χ3n) is 3.61. The Morgan fingerprint density at radius 1 is 1.61 bits per heavy atom. The molecule has 0 aliphatic heterocycles. The second-order valence-corrected chi connectivity index (χ2v) is 6.93. The molecule has 0 radical (unpaired) electrons. The van der Waals surface area contributed by atoms with Crippen molar-refractivity contribution in [3.8, 4) is 0 Å². The van der Waals surface area contributed by atoms with E-state index in [1.807, 2.05) is 0 Å². The molecule has 2 atom stereocenters. The minimum Gasteiger partial charge on any atom is -0.500 e. The van der Waals surface area contributed by atoms with Crippen molar-refractivity contribution in [2.24, 2.45) is 5.92 Å². The summed E-state index contributed by atoms with van der Waals surface area (Å²) in [6.45, 7) is 0.514. The molecular formula is C14H18ClN3O4S. The van der Waals surface area contributed by atoms with Crippen molar-refractivity contribution in [1.82, 2.24) is 9.97 Å². The molecule has 0 aromatic carbocycles. The highest BCUT2D eigenvalue weighted by Crippen LogP contribution is 2.32. The quantitative estimate of drug-likeness (QED) is 0.751. The van der Waals surface area contributed by atoms with E-state index in [-0.39, 0.29) is 22.5 Å². The summed E-state index contributed by atoms with van der Waals surface area (Å²) < 4.78 is 16.7. The summed E-state index contributed by atoms with van der Waals surface area (Å²) in [4.78, 5) is 19.1. The van der Waals surface area contributed by atoms with Gasteiger partial charge in [-0.15, -0.1) is 0 Å². The van der Waals surface area contributed by atoms with Crippen LogP contribution in [0.25, 0.3) is 0 Å². The van der Waals surface area contributed by atoms with Gasteiger partial charge in [-0.2, -0.15) is 0 Å². The highest BCUT2D eigenvalue weighted by Gasteiger charge is 2.22. The molecule has 126 valence electrons. The maximum absolute atomic E-state index is 11.5. The first kappa shape index (κ1) is 17.7. The van der Waals surface area contributed by atoms with E-state index in [0.717, 1.165) is 18.6 Å². The van der Waals surface area contributed by atoms with Crippen LogP contribution in [0.4, 0.5) is 5.82 Å². The molecule has 1 aliphatic carbocycles. The Balaban J connectivity index is 2.11. The van der Waals surface area contributed by atoms with Crippen LogP contribution in [0.15, 0.2) is 22.1 Å². The zero-order valence-corrected chi connectivity index (χ0v) is 14.4. The van der Waals surface area contributed by atoms with Crippen LogP contribution in [0.3, 0.4) is 0 Å². The van der Waals surface area contributed by atoms with E-state index >= 15 is 0 Å². The van der Waals surface area contributed by atoms with Crippen LogP contribution < -0.4 is 5.32 Å². The Labute approximate surface area is 141 Å². The summed E-state index contributed by atoms with van der Waals surface area (Å²) in [5.74, 6) is 0.0907. The molecule has 2 N–H and O–H groups in total. The van der Waals surface area contributed by atoms with Gasteiger partial charge < -0.3 is 15.2 Å². The molecule has 2 unspecified atom stereocenters. The van der Waals surface area contributed by atoms with Crippen LogP contribution in [-0.2, 0) is 15.5 Å². The van der Waals surface area contributed by atoms with Crippen LogP contribution in [0.5, 0.6) is 0 Å². The van der Waals surface area contributed by atoms with Gasteiger partial charge in [0.1, 0.15) is 17.1 Å². The fraction of sp³-hybridized carbons (Fsp3) is 0.500. The maximum atomic E-state index is 11.5. The molecule has 0 saturated carbocycles. The molecule has 7 nitrogen and oxygen atoms in total. The molecule has 0 spiro atoms. The Morgan fingerprint density at radius 2 is 2.35 bits per heavy atom. The first-order chi connectivity index (χ1) is 10.9. The van der Waals surface area contributed by atoms with Gasteiger partial charge in [-0.1, -0.05) is 11.6 Å². The van der Waals surface area contributed by atoms with Gasteiger partial charge in [-0.3, -0.25) is 4.21 Å². The molecule has 0 bridgehead atoms. The number of nitrogens with zero attached hydrogens (tertiary/aromatic N) is 2. The number of nitrogens with one attached hydrogen (secondary N) is 1. The standard InChI is InChI=1S/C14H18ClN3O4S/c1-22-11-4-3-8(5-10(11)15)6-16-12-9(13(19)20)7-17-14(18-12)23(2)21/h7-8H,3-6H2,1-2H3,(H,19,20)(H,16,17,18). The number of carbonyl (C=O) groups is 1. The summed E-state index contributed by atoms with van der Waals surface area (Å²) in [5.41, 5.74) is -0.0470. The SMILES string of the molecule is COC1=C(Cl)CC(CNc2nc(S(C)=O)ncc2C(=O)O)CC1. The van der Waals surface area contributed by atoms with Crippen LogP contribution in [0.2, 0.25) is 0 Å². The lowest BCUT2D eigenvalue weighted by Crippen LogP contribution is -2.21. The van der Waals surface area contributed by atoms with Gasteiger partial charge in [0.05, 0.1) is 22.9 Å². The Bertz CT molecular complexity index is 665. The molecule has 1 aromatic heterocycles. The number of aromatic nitrogens is 2. The van der Waals surface area contributed by atoms with Gasteiger partial charge in [0, 0.05) is 25.4 Å². The van der Waals surface area contributed by atoms with Gasteiger partial charge >= 0.3 is 5.97 Å². The summed E-state index contributed by atoms with van der Waals surface area (Å²) in [5, 5.41) is 13.0. The molecule has 0 amide bonds. The van der Waals surface area contributed by atoms with Crippen LogP contribution in [0, 0.1) is 5.92 Å². The third-order valence-corrected chi connectivity index (χ3v) is 4.68. The number of aromatic carboxylic acids is 1. The number of halogens is 1. The average molecular weight is 360 g/mol. The lowest BCUT2D eigenvalue weighted by atomic mass is 9.93. The average Bonchev–Trinajstić information content (AvgIpc) is 2.52. The molecule has 1 aromatic rings. The van der Waals surface area contributed by atoms with E-state index in [1.165, 1.54) is 12.5 Å². The lowest BCUT2D eigenvalue weighted by Gasteiger charge is -2.24. The largest absolute Gasteiger partial charge is 0.500 e. The number of hydrogen-bond donors (Lipinski definition) is 2. The summed E-state index contributed by atoms with van der Waals surface area (Å²) in [6.07, 6.45) is 4.91. The number of anilines is 1. The van der Waals surface area contributed by atoms with Gasteiger partial charge in [0.15, 0.2) is 0 Å². The van der Waals surface area contributed by atoms with Crippen molar-refractivity contribution >= 4 is 34.2 Å². The van der Waals surface area contributed by atoms with Gasteiger partial charge in [0.25, 0.3) is 0 Å². The van der Waals surface area contributed by atoms with E-state index in [9.17, 15) is 14.1 Å². The smallest absolute Gasteiger partial charge is 0.341 e. The third kappa shape index (κ3) is 4.42. The summed E-state index contributed by atoms with van der Waals surface area (Å²) >= 11 is 6.17. The number of carboxylic acids is 1. The van der Waals surface area contributed by atoms with Crippen molar-refractivity contribution in [2.45, 2.75) is 24.4 Å². The van der Waals surface area contributed by atoms with Crippen molar-refractivity contribution in [3.63, 3.8) is 0 Å². The van der Waals surface area contributed by atoms with Crippen LogP contribution in [-0.4, -0.2) is 45.2 Å². The maximum Gasteiger partial charge on any atom is 0.341 e. The first-order valence-corrected chi connectivity index (χ1v) is 8.95. The Morgan fingerprint density at radius 3 is 2.91 bits per heavy atom. The minimum atomic E-state index is -1.38. The summed E-state index contributed by atoms with van der Waals surface area (Å²) in [7, 11) is 0.219. The predicted molar refractivity (Wildman–Crippen MR) is 87.0 cm³/mol. The zero-order valence-electron chi connectivity index (χ0n) is 12.8. The number of methoxy groups -OCH3 is 1. The summed E-state index contributed by atoms with van der Waals surface area (Å²) in [6, 6.07) is 0. The predicted octanol–water partition coefficient (Wildman–Crippen LogP) is 2.22. The van der Waals surface area contributed by atoms with Gasteiger partial charge in [0.2, 0.25) is 5.16 Å². The normalized spacial score (nSPS) is 19.3. The highest BCUT2D eigenvalue weighted by atomic mass is 35.5. The second kappa shape index (κ2) is 7.74. The number of hydrogen-bond acceptors (Lipinski definition) is 6. The molecule has 1 heterocycles. The van der Waals surface area contributed by atoms with E-state index in [1.54, 1.807) is 7.11 Å².